The summed E-state index contributed by atoms with van der Waals surface area (Å²) in [6, 6.07) is 7.62. The van der Waals surface area contributed by atoms with Crippen molar-refractivity contribution >= 4 is 33.8 Å². The molecular weight excluding hydrogens is 460 g/mol. The number of imidazole rings is 1. The van der Waals surface area contributed by atoms with Gasteiger partial charge < -0.3 is 15.2 Å². The monoisotopic (exact) mass is 490 g/mol. The first-order valence-electron chi connectivity index (χ1n) is 12.2. The molecule has 1 aliphatic heterocycles. The molecule has 4 aromatic rings. The first kappa shape index (κ1) is 23.9. The number of carbonyl (C=O) groups is 1. The van der Waals surface area contributed by atoms with E-state index in [0.717, 1.165) is 40.6 Å². The number of nitrogens with zero attached hydrogens (tertiary/aromatic N) is 7. The van der Waals surface area contributed by atoms with Gasteiger partial charge in [-0.05, 0) is 32.8 Å². The number of Topliss-reactive ketones (excluding diaryl/α,β-unsaturated/α-hetero) is 1. The number of hydrogen-bond acceptors (Lipinski definition) is 8. The van der Waals surface area contributed by atoms with Gasteiger partial charge in [0.05, 0.1) is 12.1 Å². The predicted molar refractivity (Wildman–Crippen MR) is 137 cm³/mol. The van der Waals surface area contributed by atoms with Crippen LogP contribution in [0.5, 0.6) is 0 Å². The smallest absolute Gasteiger partial charge is 0.332 e. The van der Waals surface area contributed by atoms with Crippen molar-refractivity contribution in [3.63, 3.8) is 0 Å². The van der Waals surface area contributed by atoms with E-state index in [9.17, 15) is 14.4 Å². The van der Waals surface area contributed by atoms with Crippen LogP contribution in [0.3, 0.4) is 0 Å². The predicted octanol–water partition coefficient (Wildman–Crippen LogP) is 1.10. The Morgan fingerprint density at radius 2 is 1.92 bits per heavy atom. The number of carbonyl (C=O) groups excluding carboxylic acids is 1. The van der Waals surface area contributed by atoms with Gasteiger partial charge in [0.1, 0.15) is 11.6 Å². The zero-order valence-electron chi connectivity index (χ0n) is 20.8. The molecule has 0 bridgehead atoms. The number of rotatable bonds is 6. The summed E-state index contributed by atoms with van der Waals surface area (Å²) in [5.74, 6) is 0.939. The van der Waals surface area contributed by atoms with Crippen molar-refractivity contribution < 1.29 is 4.79 Å². The summed E-state index contributed by atoms with van der Waals surface area (Å²) in [6.45, 7) is 4.94. The topological polar surface area (TPSA) is 134 Å². The van der Waals surface area contributed by atoms with Crippen molar-refractivity contribution in [1.29, 1.82) is 0 Å². The molecule has 2 N–H and O–H groups in total. The third-order valence-corrected chi connectivity index (χ3v) is 6.78. The molecule has 0 unspecified atom stereocenters. The Bertz CT molecular complexity index is 1600. The van der Waals surface area contributed by atoms with E-state index in [4.69, 9.17) is 10.7 Å². The van der Waals surface area contributed by atoms with E-state index in [-0.39, 0.29) is 42.5 Å². The summed E-state index contributed by atoms with van der Waals surface area (Å²) in [7, 11) is 1.60. The van der Waals surface area contributed by atoms with E-state index < -0.39 is 11.2 Å². The average molecular weight is 491 g/mol. The number of aryl methyl sites for hydroxylation is 3. The van der Waals surface area contributed by atoms with Gasteiger partial charge in [0.25, 0.3) is 5.56 Å². The largest absolute Gasteiger partial charge is 0.341 e. The van der Waals surface area contributed by atoms with Crippen LogP contribution in [0.1, 0.15) is 37.7 Å². The van der Waals surface area contributed by atoms with Crippen molar-refractivity contribution in [3.8, 4) is 0 Å². The summed E-state index contributed by atoms with van der Waals surface area (Å²) in [6.07, 6.45) is 2.06. The minimum atomic E-state index is -0.500. The quantitative estimate of drug-likeness (QED) is 0.425. The summed E-state index contributed by atoms with van der Waals surface area (Å²) in [5.41, 5.74) is 7.32. The number of fused-ring (bicyclic) bond motifs is 2. The lowest BCUT2D eigenvalue weighted by Crippen LogP contribution is -2.44. The summed E-state index contributed by atoms with van der Waals surface area (Å²) >= 11 is 0. The van der Waals surface area contributed by atoms with Crippen LogP contribution in [0, 0.1) is 6.92 Å². The number of anilines is 1. The molecule has 1 fully saturated rings. The highest BCUT2D eigenvalue weighted by molar-refractivity contribution is 5.80. The summed E-state index contributed by atoms with van der Waals surface area (Å²) in [4.78, 5) is 54.8. The second kappa shape index (κ2) is 9.30. The number of nitrogens with two attached hydrogens (primary N) is 1. The standard InChI is InChI=1S/C25H30N8O3/c1-15(34)10-12-32-21-22(29-24(32)31-11-6-7-17(26)13-31)30(3)25(36)33(23(21)35)14-20-27-16(2)18-8-4-5-9-19(18)28-20/h4-5,8-9,17H,6-7,10-14,26H2,1-3H3/t17-/m1/s1. The molecule has 11 heteroatoms. The Balaban J connectivity index is 1.68. The van der Waals surface area contributed by atoms with Crippen LogP contribution >= 0.6 is 0 Å². The first-order valence-corrected chi connectivity index (χ1v) is 12.2. The lowest BCUT2D eigenvalue weighted by molar-refractivity contribution is -0.117. The molecular formula is C25H30N8O3. The number of ketones is 1. The maximum atomic E-state index is 13.8. The lowest BCUT2D eigenvalue weighted by Gasteiger charge is -2.31. The summed E-state index contributed by atoms with van der Waals surface area (Å²) in [5, 5.41) is 0.920. The molecule has 0 amide bonds. The van der Waals surface area contributed by atoms with Gasteiger partial charge in [-0.15, -0.1) is 0 Å². The highest BCUT2D eigenvalue weighted by atomic mass is 16.2. The van der Waals surface area contributed by atoms with E-state index in [1.165, 1.54) is 11.5 Å². The summed E-state index contributed by atoms with van der Waals surface area (Å²) < 4.78 is 4.28. The number of benzene rings is 1. The van der Waals surface area contributed by atoms with Crippen LogP contribution in [-0.4, -0.2) is 53.6 Å². The normalized spacial score (nSPS) is 16.2. The molecule has 1 aromatic carbocycles. The number of aromatic nitrogens is 6. The number of para-hydroxylation sites is 1. The SMILES string of the molecule is CC(=O)CCn1c(N2CCC[C@@H](N)C2)nc2c1c(=O)n(Cc1nc(C)c3ccccc3n1)c(=O)n2C. The Morgan fingerprint density at radius 3 is 2.67 bits per heavy atom. The molecule has 0 aliphatic carbocycles. The van der Waals surface area contributed by atoms with Crippen molar-refractivity contribution in [3.05, 3.63) is 56.6 Å². The minimum absolute atomic E-state index is 0.00308. The van der Waals surface area contributed by atoms with Crippen molar-refractivity contribution in [2.24, 2.45) is 12.8 Å². The molecule has 4 heterocycles. The fourth-order valence-corrected chi connectivity index (χ4v) is 4.92. The fourth-order valence-electron chi connectivity index (χ4n) is 4.92. The molecule has 0 radical (unpaired) electrons. The van der Waals surface area contributed by atoms with Crippen LogP contribution in [0.15, 0.2) is 33.9 Å². The maximum absolute atomic E-state index is 13.8. The van der Waals surface area contributed by atoms with Crippen LogP contribution in [0.25, 0.3) is 22.1 Å². The van der Waals surface area contributed by atoms with Gasteiger partial charge in [-0.25, -0.2) is 14.8 Å². The van der Waals surface area contributed by atoms with Gasteiger partial charge in [0.2, 0.25) is 5.95 Å². The molecule has 1 saturated heterocycles. The lowest BCUT2D eigenvalue weighted by atomic mass is 10.1. The third kappa shape index (κ3) is 4.19. The van der Waals surface area contributed by atoms with E-state index in [1.807, 2.05) is 36.1 Å². The van der Waals surface area contributed by atoms with Crippen molar-refractivity contribution in [2.75, 3.05) is 18.0 Å². The van der Waals surface area contributed by atoms with E-state index in [0.29, 0.717) is 18.3 Å². The second-order valence-electron chi connectivity index (χ2n) is 9.51. The highest BCUT2D eigenvalue weighted by Gasteiger charge is 2.26. The van der Waals surface area contributed by atoms with Gasteiger partial charge in [-0.2, -0.15) is 4.98 Å². The van der Waals surface area contributed by atoms with Crippen LogP contribution in [0.4, 0.5) is 5.95 Å². The molecule has 3 aromatic heterocycles. The zero-order chi connectivity index (χ0) is 25.6. The van der Waals surface area contributed by atoms with Crippen LogP contribution in [-0.2, 0) is 24.9 Å². The van der Waals surface area contributed by atoms with Gasteiger partial charge in [0, 0.05) is 50.2 Å². The average Bonchev–Trinajstić information content (AvgIpc) is 3.24. The second-order valence-corrected chi connectivity index (χ2v) is 9.51. The van der Waals surface area contributed by atoms with Gasteiger partial charge in [0.15, 0.2) is 11.2 Å². The molecule has 0 saturated carbocycles. The van der Waals surface area contributed by atoms with Crippen molar-refractivity contribution in [2.45, 2.75) is 52.2 Å². The van der Waals surface area contributed by atoms with Gasteiger partial charge >= 0.3 is 5.69 Å². The fraction of sp³-hybridized carbons (Fsp3) is 0.440. The minimum Gasteiger partial charge on any atom is -0.341 e. The highest BCUT2D eigenvalue weighted by Crippen LogP contribution is 2.23. The molecule has 11 nitrogen and oxygen atoms in total. The molecule has 188 valence electrons. The van der Waals surface area contributed by atoms with Crippen molar-refractivity contribution in [1.82, 2.24) is 28.7 Å². The molecule has 36 heavy (non-hydrogen) atoms. The molecule has 1 aliphatic rings. The number of piperidine rings is 1. The molecule has 1 atom stereocenters. The molecule has 5 rings (SSSR count). The Kier molecular flexibility index (Phi) is 6.17. The van der Waals surface area contributed by atoms with Crippen LogP contribution < -0.4 is 21.9 Å². The van der Waals surface area contributed by atoms with Crippen LogP contribution in [0.2, 0.25) is 0 Å². The Labute approximate surface area is 207 Å². The van der Waals surface area contributed by atoms with E-state index in [1.54, 1.807) is 11.6 Å². The van der Waals surface area contributed by atoms with E-state index >= 15 is 0 Å². The Morgan fingerprint density at radius 1 is 1.14 bits per heavy atom. The van der Waals surface area contributed by atoms with Gasteiger partial charge in [-0.1, -0.05) is 18.2 Å². The zero-order valence-corrected chi connectivity index (χ0v) is 20.8. The van der Waals surface area contributed by atoms with Gasteiger partial charge in [-0.3, -0.25) is 18.7 Å². The third-order valence-electron chi connectivity index (χ3n) is 6.78. The Hall–Kier alpha value is -3.86. The number of hydrogen-bond donors (Lipinski definition) is 1. The maximum Gasteiger partial charge on any atom is 0.332 e. The first-order chi connectivity index (χ1) is 17.2. The molecule has 0 spiro atoms. The van der Waals surface area contributed by atoms with E-state index in [2.05, 4.69) is 9.97 Å².